The third-order valence-corrected chi connectivity index (χ3v) is 8.97. The minimum Gasteiger partial charge on any atom is -0.497 e. The van der Waals surface area contributed by atoms with Crippen molar-refractivity contribution < 1.29 is 28.9 Å². The van der Waals surface area contributed by atoms with Crippen LogP contribution >= 0.6 is 0 Å². The average Bonchev–Trinajstić information content (AvgIpc) is 3.36. The zero-order valence-corrected chi connectivity index (χ0v) is 21.2. The maximum absolute atomic E-state index is 12.7. The maximum Gasteiger partial charge on any atom is 0.305 e. The molecular formula is C27H36N2O6. The highest BCUT2D eigenvalue weighted by molar-refractivity contribution is 5.72. The number of carbonyl (C=O) groups excluding carboxylic acids is 2. The van der Waals surface area contributed by atoms with Crippen molar-refractivity contribution in [3.05, 3.63) is 35.9 Å². The molecule has 1 aliphatic carbocycles. The van der Waals surface area contributed by atoms with E-state index in [-0.39, 0.29) is 19.1 Å². The Morgan fingerprint density at radius 2 is 2.00 bits per heavy atom. The molecule has 1 spiro atoms. The first-order chi connectivity index (χ1) is 16.7. The number of hydrogen-bond acceptors (Lipinski definition) is 8. The van der Waals surface area contributed by atoms with Crippen molar-refractivity contribution in [2.45, 2.75) is 69.2 Å². The lowest BCUT2D eigenvalue weighted by atomic mass is 9.48. The van der Waals surface area contributed by atoms with Crippen molar-refractivity contribution in [3.8, 4) is 5.75 Å². The van der Waals surface area contributed by atoms with Gasteiger partial charge in [-0.15, -0.1) is 0 Å². The van der Waals surface area contributed by atoms with Crippen LogP contribution in [0.5, 0.6) is 5.75 Å². The maximum atomic E-state index is 12.7. The lowest BCUT2D eigenvalue weighted by molar-refractivity contribution is -0.232. The van der Waals surface area contributed by atoms with E-state index in [1.807, 2.05) is 19.2 Å². The number of aliphatic hydroxyl groups is 1. The highest BCUT2D eigenvalue weighted by Gasteiger charge is 2.78. The number of nitrogens with zero attached hydrogens (tertiary/aromatic N) is 2. The number of likely N-dealkylation sites (N-methyl/N-ethyl adjacent to an activating group) is 1. The molecule has 190 valence electrons. The molecule has 0 amide bonds. The van der Waals surface area contributed by atoms with Gasteiger partial charge in [-0.3, -0.25) is 14.5 Å². The van der Waals surface area contributed by atoms with Crippen molar-refractivity contribution in [2.75, 3.05) is 38.8 Å². The summed E-state index contributed by atoms with van der Waals surface area (Å²) in [6, 6.07) is 5.66. The van der Waals surface area contributed by atoms with E-state index in [9.17, 15) is 14.7 Å². The molecule has 8 heteroatoms. The summed E-state index contributed by atoms with van der Waals surface area (Å²) in [5.41, 5.74) is -0.581. The number of methoxy groups -OCH3 is 1. The van der Waals surface area contributed by atoms with Gasteiger partial charge in [-0.2, -0.15) is 0 Å². The molecule has 1 unspecified atom stereocenters. The van der Waals surface area contributed by atoms with Crippen LogP contribution in [0.15, 0.2) is 30.4 Å². The molecule has 2 fully saturated rings. The van der Waals surface area contributed by atoms with Crippen LogP contribution < -0.4 is 9.64 Å². The molecule has 1 aromatic rings. The Hall–Kier alpha value is -2.58. The third kappa shape index (κ3) is 3.05. The van der Waals surface area contributed by atoms with E-state index in [2.05, 4.69) is 34.9 Å². The van der Waals surface area contributed by atoms with E-state index in [0.717, 1.165) is 36.5 Å². The second-order valence-corrected chi connectivity index (χ2v) is 10.4. The minimum absolute atomic E-state index is 0.0126. The van der Waals surface area contributed by atoms with Crippen LogP contribution in [0, 0.1) is 5.41 Å². The van der Waals surface area contributed by atoms with E-state index in [1.165, 1.54) is 6.92 Å². The van der Waals surface area contributed by atoms with Gasteiger partial charge in [0.2, 0.25) is 0 Å². The highest BCUT2D eigenvalue weighted by atomic mass is 16.6. The fraction of sp³-hybridized carbons (Fsp3) is 0.630. The van der Waals surface area contributed by atoms with Crippen LogP contribution in [0.1, 0.15) is 45.6 Å². The molecule has 0 aromatic heterocycles. The number of esters is 2. The van der Waals surface area contributed by atoms with Crippen LogP contribution in [-0.4, -0.2) is 79.6 Å². The summed E-state index contributed by atoms with van der Waals surface area (Å²) in [4.78, 5) is 29.3. The number of rotatable bonds is 6. The van der Waals surface area contributed by atoms with Gasteiger partial charge in [-0.05, 0) is 31.0 Å². The van der Waals surface area contributed by atoms with E-state index in [4.69, 9.17) is 14.2 Å². The molecule has 3 aliphatic heterocycles. The van der Waals surface area contributed by atoms with Gasteiger partial charge in [0.15, 0.2) is 5.60 Å². The predicted octanol–water partition coefficient (Wildman–Crippen LogP) is 2.42. The first-order valence-corrected chi connectivity index (χ1v) is 12.6. The van der Waals surface area contributed by atoms with Crippen molar-refractivity contribution in [1.29, 1.82) is 0 Å². The van der Waals surface area contributed by atoms with Crippen LogP contribution in [0.2, 0.25) is 0 Å². The van der Waals surface area contributed by atoms with Gasteiger partial charge >= 0.3 is 11.9 Å². The Labute approximate surface area is 206 Å². The highest BCUT2D eigenvalue weighted by Crippen LogP contribution is 2.67. The van der Waals surface area contributed by atoms with Crippen molar-refractivity contribution >= 4 is 17.6 Å². The molecule has 8 nitrogen and oxygen atoms in total. The molecule has 6 atom stereocenters. The molecule has 5 rings (SSSR count). The predicted molar refractivity (Wildman–Crippen MR) is 130 cm³/mol. The summed E-state index contributed by atoms with van der Waals surface area (Å²) in [5.74, 6) is -0.115. The molecule has 35 heavy (non-hydrogen) atoms. The summed E-state index contributed by atoms with van der Waals surface area (Å²) < 4.78 is 17.2. The first-order valence-electron chi connectivity index (χ1n) is 12.6. The number of anilines is 1. The second kappa shape index (κ2) is 8.23. The monoisotopic (exact) mass is 484 g/mol. The standard InChI is InChI=1S/C27H36N2O6/c1-6-21(31)34-16-27(32)23-26(19-10-9-18(33-5)15-20(19)28(23)4)12-14-29-13-8-11-25(7-2,22(26)29)24(27)35-17(3)30/h8-11,15,22-24,32H,6-7,12-14,16H2,1-5H3/t22?,23-,24-,25-,26-,27+/m1/s1. The largest absolute Gasteiger partial charge is 0.497 e. The van der Waals surface area contributed by atoms with E-state index in [0.29, 0.717) is 6.42 Å². The lowest BCUT2D eigenvalue weighted by Gasteiger charge is -2.64. The molecule has 4 aliphatic rings. The SMILES string of the molecule is CCC(=O)OC[C@@]1(O)[C@H](OC(C)=O)[C@]2(CC)C=CCN3CC[C@@]4(c5ccc(OC)cc5N(C)[C@@H]14)C32. The summed E-state index contributed by atoms with van der Waals surface area (Å²) in [5, 5.41) is 12.7. The molecule has 0 bridgehead atoms. The minimum atomic E-state index is -1.64. The Kier molecular flexibility index (Phi) is 5.68. The zero-order chi connectivity index (χ0) is 25.2. The second-order valence-electron chi connectivity index (χ2n) is 10.4. The van der Waals surface area contributed by atoms with Gasteiger partial charge in [0.25, 0.3) is 0 Å². The third-order valence-electron chi connectivity index (χ3n) is 8.97. The zero-order valence-electron chi connectivity index (χ0n) is 21.2. The van der Waals surface area contributed by atoms with Gasteiger partial charge in [-0.25, -0.2) is 0 Å². The summed E-state index contributed by atoms with van der Waals surface area (Å²) in [6.45, 7) is 6.62. The molecule has 3 heterocycles. The van der Waals surface area contributed by atoms with Crippen molar-refractivity contribution in [3.63, 3.8) is 0 Å². The van der Waals surface area contributed by atoms with Crippen LogP contribution in [0.4, 0.5) is 5.69 Å². The fourth-order valence-electron chi connectivity index (χ4n) is 7.91. The van der Waals surface area contributed by atoms with Crippen molar-refractivity contribution in [1.82, 2.24) is 4.90 Å². The van der Waals surface area contributed by atoms with Gasteiger partial charge in [-0.1, -0.05) is 32.1 Å². The van der Waals surface area contributed by atoms with E-state index < -0.39 is 40.5 Å². The Balaban J connectivity index is 1.79. The smallest absolute Gasteiger partial charge is 0.305 e. The molecule has 1 aromatic carbocycles. The van der Waals surface area contributed by atoms with Gasteiger partial charge in [0, 0.05) is 55.6 Å². The van der Waals surface area contributed by atoms with Gasteiger partial charge in [0.05, 0.1) is 13.2 Å². The summed E-state index contributed by atoms with van der Waals surface area (Å²) in [6.07, 6.45) is 5.09. The normalized spacial score (nSPS) is 36.9. The number of fused-ring (bicyclic) bond motifs is 1. The number of ether oxygens (including phenoxy) is 3. The molecular weight excluding hydrogens is 448 g/mol. The first kappa shape index (κ1) is 24.1. The lowest BCUT2D eigenvalue weighted by Crippen LogP contribution is -2.80. The van der Waals surface area contributed by atoms with E-state index in [1.54, 1.807) is 14.0 Å². The van der Waals surface area contributed by atoms with Crippen LogP contribution in [-0.2, 0) is 24.5 Å². The molecule has 0 radical (unpaired) electrons. The Morgan fingerprint density at radius 1 is 1.23 bits per heavy atom. The summed E-state index contributed by atoms with van der Waals surface area (Å²) in [7, 11) is 3.61. The summed E-state index contributed by atoms with van der Waals surface area (Å²) >= 11 is 0. The topological polar surface area (TPSA) is 88.5 Å². The number of hydrogen-bond donors (Lipinski definition) is 1. The quantitative estimate of drug-likeness (QED) is 0.487. The van der Waals surface area contributed by atoms with Crippen LogP contribution in [0.3, 0.4) is 0 Å². The fourth-order valence-corrected chi connectivity index (χ4v) is 7.91. The molecule has 1 N–H and O–H groups in total. The molecule has 1 saturated heterocycles. The number of benzene rings is 1. The number of carbonyl (C=O) groups is 2. The van der Waals surface area contributed by atoms with Gasteiger partial charge < -0.3 is 24.2 Å². The Bertz CT molecular complexity index is 1070. The Morgan fingerprint density at radius 3 is 2.66 bits per heavy atom. The van der Waals surface area contributed by atoms with Crippen LogP contribution in [0.25, 0.3) is 0 Å². The van der Waals surface area contributed by atoms with Crippen molar-refractivity contribution in [2.24, 2.45) is 5.41 Å². The average molecular weight is 485 g/mol. The molecule has 1 saturated carbocycles. The van der Waals surface area contributed by atoms with Gasteiger partial charge in [0.1, 0.15) is 18.5 Å². The van der Waals surface area contributed by atoms with E-state index >= 15 is 0 Å².